The number of hydrogen-bond donors (Lipinski definition) is 0. The number of aryl methyl sites for hydroxylation is 2. The second-order valence-electron chi connectivity index (χ2n) is 6.31. The predicted octanol–water partition coefficient (Wildman–Crippen LogP) is 3.10. The van der Waals surface area contributed by atoms with Crippen molar-refractivity contribution in [3.8, 4) is 0 Å². The lowest BCUT2D eigenvalue weighted by atomic mass is 10.0. The Labute approximate surface area is 147 Å². The first-order valence-electron chi connectivity index (χ1n) is 8.21. The van der Waals surface area contributed by atoms with E-state index in [2.05, 4.69) is 5.10 Å². The summed E-state index contributed by atoms with van der Waals surface area (Å²) < 4.78 is 1.82. The molecule has 2 aromatic rings. The summed E-state index contributed by atoms with van der Waals surface area (Å²) in [6, 6.07) is 6.18. The highest BCUT2D eigenvalue weighted by atomic mass is 16.6. The molecular formula is C18H24N4O3. The van der Waals surface area contributed by atoms with Gasteiger partial charge in [0.2, 0.25) is 5.91 Å². The standard InChI is InChI=1S/C18H24N4O3/c1-12-17(14(3)21(5)19-12)9-10-18(23)20(4)13(2)15-7-6-8-16(11-15)22(24)25/h6-8,11,13H,9-10H2,1-5H3/t13-/m0/s1. The van der Waals surface area contributed by atoms with E-state index < -0.39 is 4.92 Å². The van der Waals surface area contributed by atoms with Gasteiger partial charge >= 0.3 is 0 Å². The molecule has 0 N–H and O–H groups in total. The monoisotopic (exact) mass is 344 g/mol. The van der Waals surface area contributed by atoms with Gasteiger partial charge in [-0.05, 0) is 38.3 Å². The van der Waals surface area contributed by atoms with Gasteiger partial charge in [0.15, 0.2) is 0 Å². The van der Waals surface area contributed by atoms with Crippen LogP contribution in [0.25, 0.3) is 0 Å². The van der Waals surface area contributed by atoms with Gasteiger partial charge in [0.1, 0.15) is 0 Å². The Bertz CT molecular complexity index is 798. The molecule has 0 aliphatic heterocycles. The number of amides is 1. The Morgan fingerprint density at radius 2 is 2.08 bits per heavy atom. The number of hydrogen-bond acceptors (Lipinski definition) is 4. The lowest BCUT2D eigenvalue weighted by Gasteiger charge is -2.25. The molecule has 25 heavy (non-hydrogen) atoms. The number of benzene rings is 1. The largest absolute Gasteiger partial charge is 0.339 e. The zero-order valence-electron chi connectivity index (χ0n) is 15.3. The molecule has 0 aliphatic carbocycles. The van der Waals surface area contributed by atoms with Gasteiger partial charge < -0.3 is 4.90 Å². The normalized spacial score (nSPS) is 12.0. The summed E-state index contributed by atoms with van der Waals surface area (Å²) >= 11 is 0. The molecular weight excluding hydrogens is 320 g/mol. The highest BCUT2D eigenvalue weighted by Gasteiger charge is 2.20. The molecule has 1 amide bonds. The van der Waals surface area contributed by atoms with E-state index in [0.717, 1.165) is 22.5 Å². The molecule has 7 nitrogen and oxygen atoms in total. The van der Waals surface area contributed by atoms with Crippen LogP contribution in [-0.2, 0) is 18.3 Å². The van der Waals surface area contributed by atoms with Gasteiger partial charge in [-0.15, -0.1) is 0 Å². The topological polar surface area (TPSA) is 81.3 Å². The van der Waals surface area contributed by atoms with Crippen LogP contribution in [0.2, 0.25) is 0 Å². The van der Waals surface area contributed by atoms with E-state index in [4.69, 9.17) is 0 Å². The fourth-order valence-corrected chi connectivity index (χ4v) is 2.93. The molecule has 0 aliphatic rings. The Hall–Kier alpha value is -2.70. The molecule has 7 heteroatoms. The third-order valence-corrected chi connectivity index (χ3v) is 4.79. The molecule has 0 saturated carbocycles. The van der Waals surface area contributed by atoms with Gasteiger partial charge in [-0.2, -0.15) is 5.10 Å². The number of nitro groups is 1. The van der Waals surface area contributed by atoms with E-state index in [1.807, 2.05) is 32.5 Å². The van der Waals surface area contributed by atoms with Gasteiger partial charge in [0.25, 0.3) is 5.69 Å². The van der Waals surface area contributed by atoms with Crippen molar-refractivity contribution in [2.24, 2.45) is 7.05 Å². The number of carbonyl (C=O) groups excluding carboxylic acids is 1. The quantitative estimate of drug-likeness (QED) is 0.595. The van der Waals surface area contributed by atoms with Crippen LogP contribution < -0.4 is 0 Å². The Morgan fingerprint density at radius 3 is 2.64 bits per heavy atom. The van der Waals surface area contributed by atoms with Crippen LogP contribution in [0, 0.1) is 24.0 Å². The summed E-state index contributed by atoms with van der Waals surface area (Å²) in [6.45, 7) is 5.81. The molecule has 1 heterocycles. The molecule has 0 unspecified atom stereocenters. The van der Waals surface area contributed by atoms with Crippen molar-refractivity contribution in [3.05, 3.63) is 56.9 Å². The van der Waals surface area contributed by atoms with Crippen molar-refractivity contribution in [3.63, 3.8) is 0 Å². The lowest BCUT2D eigenvalue weighted by molar-refractivity contribution is -0.384. The molecule has 2 rings (SSSR count). The number of rotatable bonds is 6. The average molecular weight is 344 g/mol. The maximum absolute atomic E-state index is 12.5. The van der Waals surface area contributed by atoms with E-state index >= 15 is 0 Å². The summed E-state index contributed by atoms with van der Waals surface area (Å²) in [6.07, 6.45) is 1.01. The van der Waals surface area contributed by atoms with E-state index in [0.29, 0.717) is 12.8 Å². The van der Waals surface area contributed by atoms with Crippen LogP contribution in [0.5, 0.6) is 0 Å². The first-order valence-corrected chi connectivity index (χ1v) is 8.21. The SMILES string of the molecule is Cc1nn(C)c(C)c1CCC(=O)N(C)[C@@H](C)c1cccc([N+](=O)[O-])c1. The molecule has 134 valence electrons. The van der Waals surface area contributed by atoms with Crippen molar-refractivity contribution in [1.29, 1.82) is 0 Å². The maximum Gasteiger partial charge on any atom is 0.269 e. The van der Waals surface area contributed by atoms with Crippen LogP contribution in [-0.4, -0.2) is 32.6 Å². The molecule has 0 fully saturated rings. The summed E-state index contributed by atoms with van der Waals surface area (Å²) in [5, 5.41) is 15.3. The predicted molar refractivity (Wildman–Crippen MR) is 95.3 cm³/mol. The second-order valence-corrected chi connectivity index (χ2v) is 6.31. The molecule has 0 saturated heterocycles. The van der Waals surface area contributed by atoms with Crippen LogP contribution >= 0.6 is 0 Å². The van der Waals surface area contributed by atoms with Crippen LogP contribution in [0.4, 0.5) is 5.69 Å². The van der Waals surface area contributed by atoms with Crippen molar-refractivity contribution >= 4 is 11.6 Å². The molecule has 1 atom stereocenters. The highest BCUT2D eigenvalue weighted by molar-refractivity contribution is 5.76. The van der Waals surface area contributed by atoms with E-state index in [1.165, 1.54) is 12.1 Å². The Balaban J connectivity index is 2.06. The molecule has 0 spiro atoms. The zero-order chi connectivity index (χ0) is 18.7. The van der Waals surface area contributed by atoms with Crippen LogP contribution in [0.3, 0.4) is 0 Å². The molecule has 1 aromatic carbocycles. The Kier molecular flexibility index (Phi) is 5.56. The molecule has 1 aromatic heterocycles. The summed E-state index contributed by atoms with van der Waals surface area (Å²) in [5.41, 5.74) is 3.90. The number of aromatic nitrogens is 2. The molecule has 0 bridgehead atoms. The van der Waals surface area contributed by atoms with Crippen molar-refractivity contribution in [1.82, 2.24) is 14.7 Å². The Morgan fingerprint density at radius 1 is 1.40 bits per heavy atom. The number of carbonyl (C=O) groups is 1. The highest BCUT2D eigenvalue weighted by Crippen LogP contribution is 2.24. The van der Waals surface area contributed by atoms with Crippen molar-refractivity contribution in [2.45, 2.75) is 39.7 Å². The van der Waals surface area contributed by atoms with Gasteiger partial charge in [-0.25, -0.2) is 0 Å². The third kappa shape index (κ3) is 4.04. The van der Waals surface area contributed by atoms with Gasteiger partial charge in [-0.3, -0.25) is 19.6 Å². The maximum atomic E-state index is 12.5. The van der Waals surface area contributed by atoms with Crippen LogP contribution in [0.15, 0.2) is 24.3 Å². The fourth-order valence-electron chi connectivity index (χ4n) is 2.93. The van der Waals surface area contributed by atoms with Gasteiger partial charge in [0.05, 0.1) is 16.7 Å². The number of nitrogens with zero attached hydrogens (tertiary/aromatic N) is 4. The van der Waals surface area contributed by atoms with E-state index in [1.54, 1.807) is 24.1 Å². The van der Waals surface area contributed by atoms with E-state index in [9.17, 15) is 14.9 Å². The summed E-state index contributed by atoms with van der Waals surface area (Å²) in [4.78, 5) is 24.7. The minimum atomic E-state index is -0.425. The lowest BCUT2D eigenvalue weighted by Crippen LogP contribution is -2.29. The fraction of sp³-hybridized carbons (Fsp3) is 0.444. The summed E-state index contributed by atoms with van der Waals surface area (Å²) in [5.74, 6) is 0.00154. The van der Waals surface area contributed by atoms with Gasteiger partial charge in [-0.1, -0.05) is 12.1 Å². The number of nitro benzene ring substituents is 1. The van der Waals surface area contributed by atoms with Crippen molar-refractivity contribution in [2.75, 3.05) is 7.05 Å². The summed E-state index contributed by atoms with van der Waals surface area (Å²) in [7, 11) is 3.62. The minimum absolute atomic E-state index is 0.00154. The smallest absolute Gasteiger partial charge is 0.269 e. The van der Waals surface area contributed by atoms with Gasteiger partial charge in [0, 0.05) is 38.3 Å². The second kappa shape index (κ2) is 7.46. The average Bonchev–Trinajstić information content (AvgIpc) is 2.83. The third-order valence-electron chi connectivity index (χ3n) is 4.79. The van der Waals surface area contributed by atoms with Crippen LogP contribution in [0.1, 0.15) is 41.9 Å². The first kappa shape index (κ1) is 18.6. The van der Waals surface area contributed by atoms with Crippen molar-refractivity contribution < 1.29 is 9.72 Å². The first-order chi connectivity index (χ1) is 11.7. The van der Waals surface area contributed by atoms with E-state index in [-0.39, 0.29) is 17.6 Å². The zero-order valence-corrected chi connectivity index (χ0v) is 15.3. The minimum Gasteiger partial charge on any atom is -0.339 e. The molecule has 0 radical (unpaired) electrons. The number of non-ortho nitro benzene ring substituents is 1.